The summed E-state index contributed by atoms with van der Waals surface area (Å²) >= 11 is 6.06. The van der Waals surface area contributed by atoms with Gasteiger partial charge in [0.25, 0.3) is 9.05 Å². The minimum absolute atomic E-state index is 0.0316. The number of benzene rings is 1. The van der Waals surface area contributed by atoms with Crippen molar-refractivity contribution in [1.29, 1.82) is 0 Å². The molecule has 0 radical (unpaired) electrons. The zero-order valence-corrected chi connectivity index (χ0v) is 12.0. The van der Waals surface area contributed by atoms with Crippen LogP contribution in [0.15, 0.2) is 29.2 Å². The molecule has 0 N–H and O–H groups in total. The number of hydrogen-bond donors (Lipinski definition) is 0. The van der Waals surface area contributed by atoms with Gasteiger partial charge in [0, 0.05) is 10.7 Å². The van der Waals surface area contributed by atoms with Gasteiger partial charge in [-0.15, -0.1) is 0 Å². The van der Waals surface area contributed by atoms with Crippen LogP contribution in [0.5, 0.6) is 0 Å². The van der Waals surface area contributed by atoms with E-state index in [1.54, 1.807) is 38.1 Å². The van der Waals surface area contributed by atoms with Crippen LogP contribution in [0.4, 0.5) is 0 Å². The summed E-state index contributed by atoms with van der Waals surface area (Å²) < 4.78 is 24.4. The van der Waals surface area contributed by atoms with Gasteiger partial charge in [-0.25, -0.2) is 13.1 Å². The van der Waals surface area contributed by atoms with E-state index in [4.69, 9.17) is 22.3 Å². The molecule has 18 heavy (non-hydrogen) atoms. The molecule has 0 saturated heterocycles. The molecular formula is C11H10Cl2N2O2S. The second-order valence-corrected chi connectivity index (χ2v) is 6.71. The third-order valence-corrected chi connectivity index (χ3v) is 4.41. The standard InChI is InChI=1S/C11H10Cl2N2O2S/c1-7-11(18(13,16)17)8(2)15(14-7)10-6-4-3-5-9(10)12/h3-6H,1-2H3. The maximum absolute atomic E-state index is 11.5. The fourth-order valence-electron chi connectivity index (χ4n) is 1.84. The third kappa shape index (κ3) is 2.25. The lowest BCUT2D eigenvalue weighted by molar-refractivity contribution is 0.608. The summed E-state index contributed by atoms with van der Waals surface area (Å²) in [5, 5.41) is 4.66. The highest BCUT2D eigenvalue weighted by Crippen LogP contribution is 2.28. The number of hydrogen-bond acceptors (Lipinski definition) is 3. The van der Waals surface area contributed by atoms with Crippen LogP contribution in [0, 0.1) is 13.8 Å². The lowest BCUT2D eigenvalue weighted by Gasteiger charge is -2.06. The van der Waals surface area contributed by atoms with E-state index in [-0.39, 0.29) is 4.90 Å². The van der Waals surface area contributed by atoms with Crippen molar-refractivity contribution in [3.63, 3.8) is 0 Å². The first-order valence-electron chi connectivity index (χ1n) is 5.08. The molecular weight excluding hydrogens is 295 g/mol. The lowest BCUT2D eigenvalue weighted by atomic mass is 10.3. The van der Waals surface area contributed by atoms with Crippen molar-refractivity contribution in [1.82, 2.24) is 9.78 Å². The van der Waals surface area contributed by atoms with E-state index in [1.165, 1.54) is 4.68 Å². The molecule has 0 unspecified atom stereocenters. The van der Waals surface area contributed by atoms with Crippen molar-refractivity contribution in [3.8, 4) is 5.69 Å². The van der Waals surface area contributed by atoms with E-state index in [0.717, 1.165) is 0 Å². The van der Waals surface area contributed by atoms with Gasteiger partial charge in [-0.05, 0) is 26.0 Å². The molecule has 1 aromatic heterocycles. The van der Waals surface area contributed by atoms with E-state index < -0.39 is 9.05 Å². The number of aryl methyl sites for hydroxylation is 1. The zero-order valence-electron chi connectivity index (χ0n) is 9.68. The van der Waals surface area contributed by atoms with Crippen LogP contribution in [0.2, 0.25) is 5.02 Å². The number of rotatable bonds is 2. The van der Waals surface area contributed by atoms with Gasteiger partial charge >= 0.3 is 0 Å². The van der Waals surface area contributed by atoms with Crippen molar-refractivity contribution in [3.05, 3.63) is 40.7 Å². The second kappa shape index (κ2) is 4.57. The summed E-state index contributed by atoms with van der Waals surface area (Å²) in [6.07, 6.45) is 0. The number of para-hydroxylation sites is 1. The highest BCUT2D eigenvalue weighted by Gasteiger charge is 2.23. The number of halogens is 2. The van der Waals surface area contributed by atoms with Gasteiger partial charge < -0.3 is 0 Å². The summed E-state index contributed by atoms with van der Waals surface area (Å²) in [4.78, 5) is 0.0316. The smallest absolute Gasteiger partial charge is 0.235 e. The Bertz CT molecular complexity index is 708. The van der Waals surface area contributed by atoms with E-state index in [2.05, 4.69) is 5.10 Å². The Morgan fingerprint density at radius 1 is 1.22 bits per heavy atom. The highest BCUT2D eigenvalue weighted by atomic mass is 35.7. The number of nitrogens with zero attached hydrogens (tertiary/aromatic N) is 2. The fraction of sp³-hybridized carbons (Fsp3) is 0.182. The Balaban J connectivity index is 2.74. The first-order chi connectivity index (χ1) is 8.32. The second-order valence-electron chi connectivity index (χ2n) is 3.80. The van der Waals surface area contributed by atoms with Crippen LogP contribution in [0.3, 0.4) is 0 Å². The van der Waals surface area contributed by atoms with Gasteiger partial charge in [0.2, 0.25) is 0 Å². The summed E-state index contributed by atoms with van der Waals surface area (Å²) in [7, 11) is 1.58. The monoisotopic (exact) mass is 304 g/mol. The van der Waals surface area contributed by atoms with Gasteiger partial charge in [-0.1, -0.05) is 23.7 Å². The normalized spacial score (nSPS) is 11.8. The molecule has 0 aliphatic heterocycles. The lowest BCUT2D eigenvalue weighted by Crippen LogP contribution is -2.01. The van der Waals surface area contributed by atoms with Gasteiger partial charge in [0.05, 0.1) is 22.1 Å². The van der Waals surface area contributed by atoms with Crippen LogP contribution in [0.25, 0.3) is 5.69 Å². The van der Waals surface area contributed by atoms with Crippen molar-refractivity contribution in [2.24, 2.45) is 0 Å². The van der Waals surface area contributed by atoms with Crippen molar-refractivity contribution in [2.75, 3.05) is 0 Å². The van der Waals surface area contributed by atoms with Crippen molar-refractivity contribution >= 4 is 31.3 Å². The molecule has 2 aromatic rings. The Labute approximate surface area is 115 Å². The average Bonchev–Trinajstić information content (AvgIpc) is 2.54. The predicted molar refractivity (Wildman–Crippen MR) is 71.1 cm³/mol. The first kappa shape index (κ1) is 13.4. The minimum atomic E-state index is -3.82. The maximum atomic E-state index is 11.5. The Hall–Kier alpha value is -1.04. The van der Waals surface area contributed by atoms with Crippen molar-refractivity contribution in [2.45, 2.75) is 18.7 Å². The SMILES string of the molecule is Cc1nn(-c2ccccc2Cl)c(C)c1S(=O)(=O)Cl. The molecule has 0 bridgehead atoms. The molecule has 0 fully saturated rings. The van der Waals surface area contributed by atoms with Gasteiger partial charge in [-0.2, -0.15) is 5.10 Å². The van der Waals surface area contributed by atoms with Crippen molar-refractivity contribution < 1.29 is 8.42 Å². The van der Waals surface area contributed by atoms with Crippen LogP contribution in [-0.4, -0.2) is 18.2 Å². The topological polar surface area (TPSA) is 52.0 Å². The van der Waals surface area contributed by atoms with Gasteiger partial charge in [0.15, 0.2) is 0 Å². The van der Waals surface area contributed by atoms with Gasteiger partial charge in [0.1, 0.15) is 4.90 Å². The Kier molecular flexibility index (Phi) is 3.40. The molecule has 0 atom stereocenters. The molecule has 0 saturated carbocycles. The Morgan fingerprint density at radius 2 is 1.83 bits per heavy atom. The van der Waals surface area contributed by atoms with E-state index in [0.29, 0.717) is 22.1 Å². The predicted octanol–water partition coefficient (Wildman–Crippen LogP) is 3.07. The Morgan fingerprint density at radius 3 is 2.33 bits per heavy atom. The van der Waals surface area contributed by atoms with E-state index in [1.807, 2.05) is 0 Å². The highest BCUT2D eigenvalue weighted by molar-refractivity contribution is 8.13. The molecule has 7 heteroatoms. The zero-order chi connectivity index (χ0) is 13.5. The molecule has 4 nitrogen and oxygen atoms in total. The summed E-state index contributed by atoms with van der Waals surface area (Å²) in [5.74, 6) is 0. The van der Waals surface area contributed by atoms with Crippen LogP contribution < -0.4 is 0 Å². The molecule has 1 heterocycles. The molecule has 0 spiro atoms. The molecule has 96 valence electrons. The summed E-state index contributed by atoms with van der Waals surface area (Å²) in [5.41, 5.74) is 1.41. The van der Waals surface area contributed by atoms with Crippen LogP contribution in [-0.2, 0) is 9.05 Å². The van der Waals surface area contributed by atoms with Gasteiger partial charge in [-0.3, -0.25) is 0 Å². The molecule has 0 aliphatic rings. The molecule has 2 rings (SSSR count). The summed E-state index contributed by atoms with van der Waals surface area (Å²) in [6.45, 7) is 3.23. The molecule has 0 amide bonds. The fourth-order valence-corrected chi connectivity index (χ4v) is 3.56. The number of aromatic nitrogens is 2. The third-order valence-electron chi connectivity index (χ3n) is 2.55. The maximum Gasteiger partial charge on any atom is 0.264 e. The van der Waals surface area contributed by atoms with Crippen LogP contribution in [0.1, 0.15) is 11.4 Å². The largest absolute Gasteiger partial charge is 0.264 e. The average molecular weight is 305 g/mol. The summed E-state index contributed by atoms with van der Waals surface area (Å²) in [6, 6.07) is 7.05. The molecule has 0 aliphatic carbocycles. The molecule has 1 aromatic carbocycles. The van der Waals surface area contributed by atoms with Crippen LogP contribution >= 0.6 is 22.3 Å². The first-order valence-corrected chi connectivity index (χ1v) is 7.77. The van der Waals surface area contributed by atoms with E-state index in [9.17, 15) is 8.42 Å². The quantitative estimate of drug-likeness (QED) is 0.801. The van der Waals surface area contributed by atoms with E-state index >= 15 is 0 Å². The minimum Gasteiger partial charge on any atom is -0.235 e.